The smallest absolute Gasteiger partial charge is 0.311 e. The predicted octanol–water partition coefficient (Wildman–Crippen LogP) is 8.18. The SMILES string of the molecule is COC(=O)[C@]1(C)CC[C@]2(C)CC[C@@]3(C)[C@@](C)(CC=C4c5cc6nc7cc(C(=O)N8CCOCC8)ccc7nc6c(C)c5C=C[C@]43C)[C@@H]2C1. The Morgan fingerprint density at radius 2 is 1.69 bits per heavy atom. The summed E-state index contributed by atoms with van der Waals surface area (Å²) in [6.45, 7) is 16.7. The number of amides is 1. The van der Waals surface area contributed by atoms with Crippen molar-refractivity contribution in [3.8, 4) is 0 Å². The van der Waals surface area contributed by atoms with Crippen molar-refractivity contribution >= 4 is 45.6 Å². The summed E-state index contributed by atoms with van der Waals surface area (Å²) in [6.07, 6.45) is 13.5. The van der Waals surface area contributed by atoms with Gasteiger partial charge in [0.15, 0.2) is 0 Å². The van der Waals surface area contributed by atoms with Gasteiger partial charge in [-0.3, -0.25) is 9.59 Å². The van der Waals surface area contributed by atoms with E-state index in [2.05, 4.69) is 65.8 Å². The molecule has 5 aliphatic rings. The largest absolute Gasteiger partial charge is 0.469 e. The van der Waals surface area contributed by atoms with E-state index in [1.54, 1.807) is 0 Å². The van der Waals surface area contributed by atoms with Crippen LogP contribution in [0.1, 0.15) is 100 Å². The molecule has 3 aromatic rings. The van der Waals surface area contributed by atoms with E-state index in [9.17, 15) is 9.59 Å². The minimum atomic E-state index is -0.440. The minimum absolute atomic E-state index is 0.0104. The van der Waals surface area contributed by atoms with Crippen LogP contribution in [0.2, 0.25) is 0 Å². The number of carbonyl (C=O) groups excluding carboxylic acids is 2. The number of hydrogen-bond acceptors (Lipinski definition) is 6. The molecule has 0 bridgehead atoms. The van der Waals surface area contributed by atoms with Crippen LogP contribution in [0, 0.1) is 39.9 Å². The van der Waals surface area contributed by atoms with Gasteiger partial charge in [-0.25, -0.2) is 9.97 Å². The first-order valence-corrected chi connectivity index (χ1v) is 17.9. The Balaban J connectivity index is 1.22. The second-order valence-corrected chi connectivity index (χ2v) is 16.7. The molecular formula is C41H49N3O4. The molecule has 48 heavy (non-hydrogen) atoms. The van der Waals surface area contributed by atoms with E-state index in [4.69, 9.17) is 19.4 Å². The first-order valence-electron chi connectivity index (χ1n) is 17.9. The number of rotatable bonds is 2. The van der Waals surface area contributed by atoms with Gasteiger partial charge in [0.25, 0.3) is 5.91 Å². The van der Waals surface area contributed by atoms with Crippen molar-refractivity contribution in [1.82, 2.24) is 14.9 Å². The number of morpholine rings is 1. The third kappa shape index (κ3) is 4.15. The minimum Gasteiger partial charge on any atom is -0.469 e. The second-order valence-electron chi connectivity index (χ2n) is 16.7. The van der Waals surface area contributed by atoms with E-state index in [0.717, 1.165) is 59.7 Å². The maximum absolute atomic E-state index is 13.3. The van der Waals surface area contributed by atoms with Gasteiger partial charge >= 0.3 is 5.97 Å². The standard InChI is InChI=1S/C41H49N3O4/c1-25-27-10-12-39(4)29(11-13-40(5)33-24-38(3,36(46)47-7)15-14-37(33,2)16-17-41(39,40)6)28(27)23-32-34(25)43-30-9-8-26(22-31(30)42-32)35(45)44-18-20-48-21-19-44/h8-12,22-23,33H,13-21,24H2,1-7H3/t33-,37-,38-,39-,40+,41-/m1/s1. The zero-order valence-corrected chi connectivity index (χ0v) is 29.7. The van der Waals surface area contributed by atoms with Gasteiger partial charge in [-0.15, -0.1) is 0 Å². The van der Waals surface area contributed by atoms with Crippen LogP contribution in [0.3, 0.4) is 0 Å². The highest BCUT2D eigenvalue weighted by molar-refractivity contribution is 6.00. The van der Waals surface area contributed by atoms with Crippen LogP contribution < -0.4 is 0 Å². The number of aromatic nitrogens is 2. The molecular weight excluding hydrogens is 598 g/mol. The second kappa shape index (κ2) is 10.5. The van der Waals surface area contributed by atoms with E-state index < -0.39 is 5.41 Å². The molecule has 0 spiro atoms. The van der Waals surface area contributed by atoms with Crippen LogP contribution in [0.15, 0.2) is 36.4 Å². The molecule has 7 nitrogen and oxygen atoms in total. The number of fused-ring (bicyclic) bond motifs is 9. The number of hydrogen-bond donors (Lipinski definition) is 0. The lowest BCUT2D eigenvalue weighted by Crippen LogP contribution is -2.63. The van der Waals surface area contributed by atoms with Crippen LogP contribution in [-0.2, 0) is 14.3 Å². The molecule has 0 unspecified atom stereocenters. The summed E-state index contributed by atoms with van der Waals surface area (Å²) < 4.78 is 10.8. The first kappa shape index (κ1) is 31.7. The van der Waals surface area contributed by atoms with Gasteiger partial charge in [-0.2, -0.15) is 0 Å². The fraction of sp³-hybridized carbons (Fsp3) is 0.561. The lowest BCUT2D eigenvalue weighted by Gasteiger charge is -2.70. The van der Waals surface area contributed by atoms with Crippen LogP contribution in [0.5, 0.6) is 0 Å². The van der Waals surface area contributed by atoms with Gasteiger partial charge in [0, 0.05) is 24.1 Å². The van der Waals surface area contributed by atoms with Crippen LogP contribution in [-0.4, -0.2) is 60.2 Å². The number of carbonyl (C=O) groups is 2. The predicted molar refractivity (Wildman–Crippen MR) is 189 cm³/mol. The molecule has 4 aliphatic carbocycles. The lowest BCUT2D eigenvalue weighted by atomic mass is 9.33. The lowest BCUT2D eigenvalue weighted by molar-refractivity contribution is -0.190. The molecule has 2 aromatic carbocycles. The van der Waals surface area contributed by atoms with E-state index in [0.29, 0.717) is 37.8 Å². The number of ether oxygens (including phenoxy) is 2. The van der Waals surface area contributed by atoms with Gasteiger partial charge in [0.1, 0.15) is 0 Å². The Kier molecular flexibility index (Phi) is 6.90. The number of esters is 1. The average molecular weight is 648 g/mol. The summed E-state index contributed by atoms with van der Waals surface area (Å²) in [5, 5.41) is 0. The molecule has 8 rings (SSSR count). The van der Waals surface area contributed by atoms with Gasteiger partial charge < -0.3 is 14.4 Å². The molecule has 0 N–H and O–H groups in total. The van der Waals surface area contributed by atoms with Crippen LogP contribution >= 0.6 is 0 Å². The molecule has 3 fully saturated rings. The summed E-state index contributed by atoms with van der Waals surface area (Å²) in [6, 6.07) is 7.96. The zero-order valence-electron chi connectivity index (χ0n) is 29.7. The van der Waals surface area contributed by atoms with E-state index in [1.807, 2.05) is 23.1 Å². The number of nitrogens with zero attached hydrogens (tertiary/aromatic N) is 3. The Morgan fingerprint density at radius 1 is 0.938 bits per heavy atom. The molecule has 2 heterocycles. The van der Waals surface area contributed by atoms with Gasteiger partial charge in [-0.05, 0) is 121 Å². The summed E-state index contributed by atoms with van der Waals surface area (Å²) in [5.74, 6) is 0.372. The van der Waals surface area contributed by atoms with Gasteiger partial charge in [0.2, 0.25) is 0 Å². The highest BCUT2D eigenvalue weighted by Crippen LogP contribution is 2.76. The first-order chi connectivity index (χ1) is 22.8. The quantitative estimate of drug-likeness (QED) is 0.206. The maximum atomic E-state index is 13.3. The molecule has 1 amide bonds. The summed E-state index contributed by atoms with van der Waals surface area (Å²) in [7, 11) is 1.54. The van der Waals surface area contributed by atoms with Gasteiger partial charge in [-0.1, -0.05) is 45.9 Å². The molecule has 7 heteroatoms. The van der Waals surface area contributed by atoms with Crippen molar-refractivity contribution in [2.75, 3.05) is 33.4 Å². The third-order valence-corrected chi connectivity index (χ3v) is 14.5. The number of benzene rings is 2. The normalized spacial score (nSPS) is 35.7. The molecule has 0 radical (unpaired) electrons. The summed E-state index contributed by atoms with van der Waals surface area (Å²) in [5.41, 5.74) is 8.54. The average Bonchev–Trinajstić information content (AvgIpc) is 3.09. The molecule has 252 valence electrons. The highest BCUT2D eigenvalue weighted by atomic mass is 16.5. The van der Waals surface area contributed by atoms with Crippen molar-refractivity contribution < 1.29 is 19.1 Å². The Hall–Kier alpha value is -3.58. The summed E-state index contributed by atoms with van der Waals surface area (Å²) >= 11 is 0. The Bertz CT molecular complexity index is 1960. The topological polar surface area (TPSA) is 81.6 Å². The number of methoxy groups -OCH3 is 1. The molecule has 1 aromatic heterocycles. The highest BCUT2D eigenvalue weighted by Gasteiger charge is 2.68. The van der Waals surface area contributed by atoms with Crippen molar-refractivity contribution in [2.45, 2.75) is 80.1 Å². The van der Waals surface area contributed by atoms with Crippen LogP contribution in [0.25, 0.3) is 33.7 Å². The molecule has 1 aliphatic heterocycles. The van der Waals surface area contributed by atoms with Crippen LogP contribution in [0.4, 0.5) is 0 Å². The monoisotopic (exact) mass is 647 g/mol. The third-order valence-electron chi connectivity index (χ3n) is 14.5. The van der Waals surface area contributed by atoms with E-state index in [1.165, 1.54) is 30.2 Å². The number of allylic oxidation sites excluding steroid dienone is 3. The molecule has 6 atom stereocenters. The van der Waals surface area contributed by atoms with E-state index >= 15 is 0 Å². The summed E-state index contributed by atoms with van der Waals surface area (Å²) in [4.78, 5) is 38.5. The number of aryl methyl sites for hydroxylation is 1. The van der Waals surface area contributed by atoms with E-state index in [-0.39, 0.29) is 33.5 Å². The van der Waals surface area contributed by atoms with Crippen molar-refractivity contribution in [2.24, 2.45) is 33.0 Å². The van der Waals surface area contributed by atoms with Gasteiger partial charge in [0.05, 0.1) is 47.8 Å². The fourth-order valence-electron chi connectivity index (χ4n) is 10.9. The fourth-order valence-corrected chi connectivity index (χ4v) is 10.9. The molecule has 1 saturated heterocycles. The van der Waals surface area contributed by atoms with Crippen molar-refractivity contribution in [3.05, 3.63) is 58.7 Å². The maximum Gasteiger partial charge on any atom is 0.311 e. The Morgan fingerprint density at radius 3 is 2.44 bits per heavy atom. The Labute approximate surface area is 284 Å². The van der Waals surface area contributed by atoms with Crippen molar-refractivity contribution in [3.63, 3.8) is 0 Å². The zero-order chi connectivity index (χ0) is 33.9. The van der Waals surface area contributed by atoms with Crippen molar-refractivity contribution in [1.29, 1.82) is 0 Å². The molecule has 2 saturated carbocycles.